The zero-order valence-corrected chi connectivity index (χ0v) is 30.5. The number of ether oxygens (including phenoxy) is 2. The number of hydrogen-bond acceptors (Lipinski definition) is 8. The molecule has 0 saturated carbocycles. The molecule has 2 aromatic carbocycles. The molecule has 0 N–H and O–H groups in total. The molecular formula is C31H37Cl4IN4O4. The molecule has 44 heavy (non-hydrogen) atoms. The number of allylic oxidation sites excluding steroid dienone is 2. The summed E-state index contributed by atoms with van der Waals surface area (Å²) >= 11 is 25.7. The summed E-state index contributed by atoms with van der Waals surface area (Å²) in [5.41, 5.74) is 3.87. The van der Waals surface area contributed by atoms with E-state index >= 15 is 0 Å². The maximum Gasteiger partial charge on any atom is 0.302 e. The Hall–Kier alpha value is -2.05. The molecule has 4 rings (SSSR count). The minimum absolute atomic E-state index is 0. The molecular weight excluding hydrogens is 761 g/mol. The minimum Gasteiger partial charge on any atom is -0.466 e. The van der Waals surface area contributed by atoms with Crippen molar-refractivity contribution in [3.8, 4) is 0 Å². The van der Waals surface area contributed by atoms with Gasteiger partial charge in [-0.2, -0.15) is 0 Å². The number of benzene rings is 2. The van der Waals surface area contributed by atoms with E-state index < -0.39 is 0 Å². The van der Waals surface area contributed by atoms with E-state index in [1.165, 1.54) is 13.8 Å². The highest BCUT2D eigenvalue weighted by Crippen LogP contribution is 2.46. The SMILES string of the molecule is CCN1C(=CC=CC2N(CC)c3cc(Cl)c(Cl)cc3N2CCCOC(C)=O)N(CCCOC(C)=O)c2cc(Cl)c(Cl)cc21.I. The third-order valence-electron chi connectivity index (χ3n) is 7.29. The quantitative estimate of drug-likeness (QED) is 0.120. The molecule has 2 aliphatic heterocycles. The van der Waals surface area contributed by atoms with Gasteiger partial charge >= 0.3 is 11.9 Å². The smallest absolute Gasteiger partial charge is 0.302 e. The number of anilines is 4. The van der Waals surface area contributed by atoms with Crippen LogP contribution in [0.4, 0.5) is 22.7 Å². The van der Waals surface area contributed by atoms with Crippen molar-refractivity contribution in [1.82, 2.24) is 0 Å². The summed E-state index contributed by atoms with van der Waals surface area (Å²) in [5.74, 6) is 0.359. The number of esters is 2. The first kappa shape index (κ1) is 36.4. The topological polar surface area (TPSA) is 65.6 Å². The van der Waals surface area contributed by atoms with Crippen LogP contribution in [0, 0.1) is 0 Å². The van der Waals surface area contributed by atoms with Gasteiger partial charge < -0.3 is 29.1 Å². The normalized spacial score (nSPS) is 16.5. The zero-order chi connectivity index (χ0) is 31.3. The van der Waals surface area contributed by atoms with E-state index in [9.17, 15) is 9.59 Å². The van der Waals surface area contributed by atoms with Gasteiger partial charge in [-0.25, -0.2) is 0 Å². The maximum absolute atomic E-state index is 11.3. The molecule has 1 unspecified atom stereocenters. The summed E-state index contributed by atoms with van der Waals surface area (Å²) in [6, 6.07) is 7.56. The number of halogens is 5. The van der Waals surface area contributed by atoms with Crippen LogP contribution >= 0.6 is 70.4 Å². The number of hydrogen-bond donors (Lipinski definition) is 0. The van der Waals surface area contributed by atoms with Crippen LogP contribution in [0.2, 0.25) is 20.1 Å². The van der Waals surface area contributed by atoms with Gasteiger partial charge in [-0.1, -0.05) is 52.5 Å². The summed E-state index contributed by atoms with van der Waals surface area (Å²) in [6.07, 6.45) is 7.43. The zero-order valence-electron chi connectivity index (χ0n) is 25.1. The van der Waals surface area contributed by atoms with Crippen molar-refractivity contribution in [3.05, 3.63) is 68.4 Å². The second-order valence-electron chi connectivity index (χ2n) is 10.1. The predicted molar refractivity (Wildman–Crippen MR) is 193 cm³/mol. The molecule has 240 valence electrons. The Balaban J connectivity index is 0.00000529. The summed E-state index contributed by atoms with van der Waals surface area (Å²) in [5, 5.41) is 1.94. The molecule has 0 amide bonds. The average molecular weight is 798 g/mol. The Morgan fingerprint density at radius 1 is 0.727 bits per heavy atom. The Labute approximate surface area is 296 Å². The van der Waals surface area contributed by atoms with Gasteiger partial charge in [-0.3, -0.25) is 9.59 Å². The lowest BCUT2D eigenvalue weighted by Gasteiger charge is -2.30. The Kier molecular flexibility index (Phi) is 13.7. The molecule has 0 saturated heterocycles. The first-order valence-electron chi connectivity index (χ1n) is 14.3. The van der Waals surface area contributed by atoms with Gasteiger partial charge in [0, 0.05) is 40.0 Å². The third kappa shape index (κ3) is 8.20. The highest BCUT2D eigenvalue weighted by atomic mass is 127. The number of carbonyl (C=O) groups excluding carboxylic acids is 2. The second kappa shape index (κ2) is 16.5. The Morgan fingerprint density at radius 3 is 1.70 bits per heavy atom. The maximum atomic E-state index is 11.3. The van der Waals surface area contributed by atoms with Crippen molar-refractivity contribution in [3.63, 3.8) is 0 Å². The fourth-order valence-electron chi connectivity index (χ4n) is 5.49. The minimum atomic E-state index is -0.302. The molecule has 0 spiro atoms. The fraction of sp³-hybridized carbons (Fsp3) is 0.419. The van der Waals surface area contributed by atoms with Gasteiger partial charge in [-0.05, 0) is 63.1 Å². The molecule has 0 aliphatic carbocycles. The summed E-state index contributed by atoms with van der Waals surface area (Å²) in [6.45, 7) is 10.3. The predicted octanol–water partition coefficient (Wildman–Crippen LogP) is 8.54. The lowest BCUT2D eigenvalue weighted by Crippen LogP contribution is -2.42. The van der Waals surface area contributed by atoms with Crippen LogP contribution in [-0.4, -0.2) is 57.5 Å². The lowest BCUT2D eigenvalue weighted by atomic mass is 10.2. The monoisotopic (exact) mass is 796 g/mol. The van der Waals surface area contributed by atoms with Gasteiger partial charge in [0.15, 0.2) is 0 Å². The second-order valence-corrected chi connectivity index (χ2v) is 11.7. The highest BCUT2D eigenvalue weighted by molar-refractivity contribution is 14.0. The number of rotatable bonds is 12. The van der Waals surface area contributed by atoms with Crippen LogP contribution < -0.4 is 19.6 Å². The van der Waals surface area contributed by atoms with Crippen LogP contribution in [0.1, 0.15) is 40.5 Å². The van der Waals surface area contributed by atoms with Gasteiger partial charge in [0.1, 0.15) is 12.0 Å². The molecule has 13 heteroatoms. The Morgan fingerprint density at radius 2 is 1.20 bits per heavy atom. The first-order valence-corrected chi connectivity index (χ1v) is 15.8. The molecule has 0 bridgehead atoms. The number of fused-ring (bicyclic) bond motifs is 2. The third-order valence-corrected chi connectivity index (χ3v) is 8.74. The van der Waals surface area contributed by atoms with Gasteiger partial charge in [0.05, 0.1) is 56.1 Å². The molecule has 8 nitrogen and oxygen atoms in total. The van der Waals surface area contributed by atoms with Gasteiger partial charge in [0.2, 0.25) is 0 Å². The average Bonchev–Trinajstić information content (AvgIpc) is 3.39. The van der Waals surface area contributed by atoms with Crippen LogP contribution in [0.15, 0.2) is 48.3 Å². The van der Waals surface area contributed by atoms with Crippen LogP contribution in [-0.2, 0) is 19.1 Å². The van der Waals surface area contributed by atoms with Gasteiger partial charge in [0.25, 0.3) is 0 Å². The van der Waals surface area contributed by atoms with Crippen LogP contribution in [0.5, 0.6) is 0 Å². The summed E-state index contributed by atoms with van der Waals surface area (Å²) in [4.78, 5) is 31.5. The molecule has 1 atom stereocenters. The number of carbonyl (C=O) groups is 2. The van der Waals surface area contributed by atoms with Crippen molar-refractivity contribution in [2.45, 2.75) is 46.7 Å². The number of likely N-dealkylation sites (N-methyl/N-ethyl adjacent to an activating group) is 1. The van der Waals surface area contributed by atoms with E-state index in [0.717, 1.165) is 35.1 Å². The first-order chi connectivity index (χ1) is 20.6. The van der Waals surface area contributed by atoms with E-state index in [1.807, 2.05) is 30.3 Å². The van der Waals surface area contributed by atoms with Crippen molar-refractivity contribution >= 4 is 105 Å². The largest absolute Gasteiger partial charge is 0.466 e. The van der Waals surface area contributed by atoms with Gasteiger partial charge in [-0.15, -0.1) is 24.0 Å². The van der Waals surface area contributed by atoms with Crippen molar-refractivity contribution in [2.75, 3.05) is 59.0 Å². The lowest BCUT2D eigenvalue weighted by molar-refractivity contribution is -0.141. The van der Waals surface area contributed by atoms with E-state index in [0.29, 0.717) is 65.8 Å². The van der Waals surface area contributed by atoms with Crippen LogP contribution in [0.25, 0.3) is 0 Å². The molecule has 2 aromatic rings. The van der Waals surface area contributed by atoms with Crippen molar-refractivity contribution < 1.29 is 19.1 Å². The molecule has 0 aromatic heterocycles. The van der Waals surface area contributed by atoms with E-state index in [2.05, 4.69) is 45.6 Å². The summed E-state index contributed by atoms with van der Waals surface area (Å²) < 4.78 is 10.4. The standard InChI is InChI=1S/C31H36Cl4N4O4.HI/c1-5-36-26-16-22(32)24(34)18-28(26)38(12-8-14-42-20(3)40)30(36)10-7-11-31-37(6-2)27-17-23(33)25(35)19-29(27)39(31)13-9-15-43-21(4)41;/h7,10-11,16-19,30H,5-6,8-9,12-15H2,1-4H3;1H. The van der Waals surface area contributed by atoms with Crippen molar-refractivity contribution in [2.24, 2.45) is 0 Å². The molecule has 0 fully saturated rings. The number of nitrogens with zero attached hydrogens (tertiary/aromatic N) is 4. The van der Waals surface area contributed by atoms with Crippen molar-refractivity contribution in [1.29, 1.82) is 0 Å². The van der Waals surface area contributed by atoms with E-state index in [-0.39, 0.29) is 42.1 Å². The Bertz CT molecular complexity index is 1420. The fourth-order valence-corrected chi connectivity index (χ4v) is 6.12. The molecule has 0 radical (unpaired) electrons. The molecule has 2 aliphatic rings. The highest BCUT2D eigenvalue weighted by Gasteiger charge is 2.35. The van der Waals surface area contributed by atoms with Crippen LogP contribution in [0.3, 0.4) is 0 Å². The summed E-state index contributed by atoms with van der Waals surface area (Å²) in [7, 11) is 0. The van der Waals surface area contributed by atoms with E-state index in [1.54, 1.807) is 0 Å². The van der Waals surface area contributed by atoms with E-state index in [4.69, 9.17) is 55.9 Å². The molecule has 2 heterocycles.